The van der Waals surface area contributed by atoms with Crippen molar-refractivity contribution in [2.24, 2.45) is 0 Å². The number of hydrogen-bond acceptors (Lipinski definition) is 2. The molecular formula is C9H19NS2Si. The lowest BCUT2D eigenvalue weighted by Crippen LogP contribution is -2.52. The Labute approximate surface area is 92.4 Å². The highest BCUT2D eigenvalue weighted by molar-refractivity contribution is 8.23. The topological polar surface area (TPSA) is 3.24 Å². The minimum Gasteiger partial charge on any atom is -0.383 e. The van der Waals surface area contributed by atoms with Gasteiger partial charge in [-0.3, -0.25) is 0 Å². The standard InChI is InChI=1S/C9H19NS2Si/c1-4-13(5-2,6-3)10-7-8-12-9(10)11/h4-8H2,1-3H3. The first-order valence-electron chi connectivity index (χ1n) is 5.14. The molecule has 1 nitrogen and oxygen atoms in total. The van der Waals surface area contributed by atoms with Crippen LogP contribution in [-0.2, 0) is 0 Å². The van der Waals surface area contributed by atoms with Gasteiger partial charge in [-0.2, -0.15) is 0 Å². The number of thiocarbonyl (C=S) groups is 1. The summed E-state index contributed by atoms with van der Waals surface area (Å²) in [7, 11) is -1.18. The Balaban J connectivity index is 2.79. The van der Waals surface area contributed by atoms with E-state index in [1.807, 2.05) is 11.8 Å². The fourth-order valence-corrected chi connectivity index (χ4v) is 8.32. The first-order valence-corrected chi connectivity index (χ1v) is 9.10. The molecule has 0 spiro atoms. The lowest BCUT2D eigenvalue weighted by molar-refractivity contribution is 0.661. The van der Waals surface area contributed by atoms with Crippen molar-refractivity contribution in [2.45, 2.75) is 38.9 Å². The summed E-state index contributed by atoms with van der Waals surface area (Å²) < 4.78 is 3.77. The molecule has 0 amide bonds. The molecule has 1 saturated heterocycles. The van der Waals surface area contributed by atoms with Crippen LogP contribution < -0.4 is 0 Å². The van der Waals surface area contributed by atoms with Gasteiger partial charge in [0, 0.05) is 12.3 Å². The number of rotatable bonds is 4. The molecule has 76 valence electrons. The first kappa shape index (κ1) is 11.5. The summed E-state index contributed by atoms with van der Waals surface area (Å²) in [6, 6.07) is 4.04. The molecule has 1 heterocycles. The maximum absolute atomic E-state index is 5.41. The SMILES string of the molecule is CC[Si](CC)(CC)N1CCSC1=S. The van der Waals surface area contributed by atoms with Gasteiger partial charge >= 0.3 is 0 Å². The van der Waals surface area contributed by atoms with Crippen molar-refractivity contribution < 1.29 is 0 Å². The smallest absolute Gasteiger partial charge is 0.157 e. The average molecular weight is 233 g/mol. The predicted octanol–water partition coefficient (Wildman–Crippen LogP) is 3.33. The Morgan fingerprint density at radius 2 is 1.85 bits per heavy atom. The fourth-order valence-electron chi connectivity index (χ4n) is 2.15. The van der Waals surface area contributed by atoms with E-state index in [2.05, 4.69) is 25.3 Å². The van der Waals surface area contributed by atoms with Crippen molar-refractivity contribution in [3.63, 3.8) is 0 Å². The first-order chi connectivity index (χ1) is 6.20. The van der Waals surface area contributed by atoms with Crippen LogP contribution in [0.3, 0.4) is 0 Å². The highest BCUT2D eigenvalue weighted by Gasteiger charge is 2.38. The van der Waals surface area contributed by atoms with Crippen molar-refractivity contribution in [1.82, 2.24) is 4.57 Å². The molecule has 0 atom stereocenters. The summed E-state index contributed by atoms with van der Waals surface area (Å²) in [5.74, 6) is 1.22. The quantitative estimate of drug-likeness (QED) is 0.542. The molecule has 1 fully saturated rings. The predicted molar refractivity (Wildman–Crippen MR) is 69.0 cm³/mol. The second kappa shape index (κ2) is 4.80. The van der Waals surface area contributed by atoms with Crippen LogP contribution in [0.15, 0.2) is 0 Å². The highest BCUT2D eigenvalue weighted by Crippen LogP contribution is 2.31. The fraction of sp³-hybridized carbons (Fsp3) is 0.889. The molecule has 1 aliphatic heterocycles. The van der Waals surface area contributed by atoms with E-state index < -0.39 is 8.24 Å². The average Bonchev–Trinajstić information content (AvgIpc) is 2.57. The second-order valence-electron chi connectivity index (χ2n) is 3.55. The molecular weight excluding hydrogens is 214 g/mol. The van der Waals surface area contributed by atoms with Crippen LogP contribution in [0.2, 0.25) is 18.1 Å². The van der Waals surface area contributed by atoms with Gasteiger partial charge in [0.2, 0.25) is 0 Å². The van der Waals surface area contributed by atoms with Crippen LogP contribution in [0, 0.1) is 0 Å². The molecule has 1 aliphatic rings. The van der Waals surface area contributed by atoms with Crippen LogP contribution in [0.4, 0.5) is 0 Å². The molecule has 13 heavy (non-hydrogen) atoms. The maximum atomic E-state index is 5.41. The van der Waals surface area contributed by atoms with E-state index in [9.17, 15) is 0 Å². The largest absolute Gasteiger partial charge is 0.383 e. The molecule has 0 unspecified atom stereocenters. The Kier molecular flexibility index (Phi) is 4.26. The van der Waals surface area contributed by atoms with Gasteiger partial charge in [-0.25, -0.2) is 0 Å². The highest BCUT2D eigenvalue weighted by atomic mass is 32.2. The van der Waals surface area contributed by atoms with Gasteiger partial charge in [0.1, 0.15) is 4.32 Å². The van der Waals surface area contributed by atoms with Gasteiger partial charge in [-0.05, 0) is 18.1 Å². The van der Waals surface area contributed by atoms with Crippen LogP contribution in [0.1, 0.15) is 20.8 Å². The lowest BCUT2D eigenvalue weighted by atomic mass is 10.8. The summed E-state index contributed by atoms with van der Waals surface area (Å²) in [5, 5.41) is 0. The van der Waals surface area contributed by atoms with Crippen molar-refractivity contribution in [1.29, 1.82) is 0 Å². The summed E-state index contributed by atoms with van der Waals surface area (Å²) in [6.07, 6.45) is 0. The lowest BCUT2D eigenvalue weighted by Gasteiger charge is -2.38. The van der Waals surface area contributed by atoms with Crippen molar-refractivity contribution in [2.75, 3.05) is 12.3 Å². The molecule has 0 aromatic heterocycles. The van der Waals surface area contributed by atoms with E-state index in [1.165, 1.54) is 34.8 Å². The number of thioether (sulfide) groups is 1. The minimum absolute atomic E-state index is 1.18. The van der Waals surface area contributed by atoms with E-state index >= 15 is 0 Å². The molecule has 4 heteroatoms. The van der Waals surface area contributed by atoms with Gasteiger partial charge in [-0.1, -0.05) is 44.8 Å². The van der Waals surface area contributed by atoms with E-state index in [0.717, 1.165) is 0 Å². The van der Waals surface area contributed by atoms with Crippen LogP contribution >= 0.6 is 24.0 Å². The zero-order chi connectivity index (χ0) is 9.90. The van der Waals surface area contributed by atoms with Gasteiger partial charge in [0.05, 0.1) is 0 Å². The molecule has 0 N–H and O–H groups in total. The Morgan fingerprint density at radius 3 is 2.15 bits per heavy atom. The summed E-state index contributed by atoms with van der Waals surface area (Å²) in [5.41, 5.74) is 0. The third-order valence-corrected chi connectivity index (χ3v) is 10.6. The molecule has 0 aromatic carbocycles. The monoisotopic (exact) mass is 233 g/mol. The zero-order valence-electron chi connectivity index (χ0n) is 8.80. The number of nitrogens with zero attached hydrogens (tertiary/aromatic N) is 1. The summed E-state index contributed by atoms with van der Waals surface area (Å²) >= 11 is 7.28. The Bertz CT molecular complexity index is 184. The second-order valence-corrected chi connectivity index (χ2v) is 10.4. The summed E-state index contributed by atoms with van der Waals surface area (Å²) in [4.78, 5) is 0. The van der Waals surface area contributed by atoms with E-state index in [0.29, 0.717) is 0 Å². The molecule has 0 bridgehead atoms. The van der Waals surface area contributed by atoms with Gasteiger partial charge < -0.3 is 4.57 Å². The maximum Gasteiger partial charge on any atom is 0.157 e. The molecule has 0 radical (unpaired) electrons. The zero-order valence-corrected chi connectivity index (χ0v) is 11.4. The van der Waals surface area contributed by atoms with E-state index in [4.69, 9.17) is 12.2 Å². The third kappa shape index (κ3) is 2.10. The molecule has 0 aromatic rings. The van der Waals surface area contributed by atoms with Crippen LogP contribution in [0.25, 0.3) is 0 Å². The number of hydrogen-bond donors (Lipinski definition) is 0. The molecule has 0 aliphatic carbocycles. The molecule has 0 saturated carbocycles. The Hall–Kier alpha value is 0.457. The Morgan fingerprint density at radius 1 is 1.31 bits per heavy atom. The van der Waals surface area contributed by atoms with Crippen molar-refractivity contribution in [3.8, 4) is 0 Å². The van der Waals surface area contributed by atoms with Crippen LogP contribution in [-0.4, -0.2) is 29.4 Å². The van der Waals surface area contributed by atoms with Crippen LogP contribution in [0.5, 0.6) is 0 Å². The third-order valence-electron chi connectivity index (χ3n) is 3.31. The minimum atomic E-state index is -1.18. The van der Waals surface area contributed by atoms with Gasteiger partial charge in [0.15, 0.2) is 8.24 Å². The summed E-state index contributed by atoms with van der Waals surface area (Å²) in [6.45, 7) is 8.23. The van der Waals surface area contributed by atoms with E-state index in [1.54, 1.807) is 0 Å². The molecule has 1 rings (SSSR count). The van der Waals surface area contributed by atoms with Crippen molar-refractivity contribution in [3.05, 3.63) is 0 Å². The van der Waals surface area contributed by atoms with Gasteiger partial charge in [0.25, 0.3) is 0 Å². The van der Waals surface area contributed by atoms with Crippen molar-refractivity contribution >= 4 is 36.5 Å². The van der Waals surface area contributed by atoms with E-state index in [-0.39, 0.29) is 0 Å². The van der Waals surface area contributed by atoms with Gasteiger partial charge in [-0.15, -0.1) is 0 Å². The normalized spacial score (nSPS) is 18.4.